The van der Waals surface area contributed by atoms with Crippen LogP contribution in [-0.2, 0) is 4.74 Å². The molecule has 1 aliphatic rings. The molecular formula is C21H20Cl2N2O2S. The third-order valence-electron chi connectivity index (χ3n) is 4.95. The van der Waals surface area contributed by atoms with Gasteiger partial charge in [-0.15, -0.1) is 11.3 Å². The van der Waals surface area contributed by atoms with E-state index in [2.05, 4.69) is 10.2 Å². The topological polar surface area (TPSA) is 41.6 Å². The van der Waals surface area contributed by atoms with Gasteiger partial charge in [-0.25, -0.2) is 0 Å². The second-order valence-electron chi connectivity index (χ2n) is 6.64. The predicted octanol–water partition coefficient (Wildman–Crippen LogP) is 5.01. The Morgan fingerprint density at radius 2 is 1.82 bits per heavy atom. The van der Waals surface area contributed by atoms with Crippen molar-refractivity contribution >= 4 is 50.5 Å². The summed E-state index contributed by atoms with van der Waals surface area (Å²) in [7, 11) is 0. The Morgan fingerprint density at radius 1 is 1.11 bits per heavy atom. The van der Waals surface area contributed by atoms with E-state index in [1.54, 1.807) is 0 Å². The number of thiophene rings is 1. The van der Waals surface area contributed by atoms with Crippen molar-refractivity contribution in [2.24, 2.45) is 0 Å². The van der Waals surface area contributed by atoms with E-state index in [0.29, 0.717) is 34.7 Å². The third-order valence-corrected chi connectivity index (χ3v) is 6.97. The lowest BCUT2D eigenvalue weighted by Crippen LogP contribution is -2.43. The van der Waals surface area contributed by atoms with Crippen LogP contribution in [0, 0.1) is 0 Å². The molecule has 1 N–H and O–H groups in total. The third kappa shape index (κ3) is 4.04. The molecule has 0 aliphatic carbocycles. The number of morpholine rings is 1. The van der Waals surface area contributed by atoms with Gasteiger partial charge in [0.05, 0.1) is 24.3 Å². The minimum atomic E-state index is -0.156. The fourth-order valence-electron chi connectivity index (χ4n) is 3.50. The normalized spacial score (nSPS) is 16.2. The van der Waals surface area contributed by atoms with E-state index in [1.807, 2.05) is 48.5 Å². The summed E-state index contributed by atoms with van der Waals surface area (Å²) in [6.07, 6.45) is 0. The van der Waals surface area contributed by atoms with Crippen LogP contribution in [0.1, 0.15) is 21.3 Å². The summed E-state index contributed by atoms with van der Waals surface area (Å²) >= 11 is 14.3. The summed E-state index contributed by atoms with van der Waals surface area (Å²) in [6.45, 7) is 3.41. The van der Waals surface area contributed by atoms with Crippen molar-refractivity contribution < 1.29 is 9.53 Å². The smallest absolute Gasteiger partial charge is 0.262 e. The van der Waals surface area contributed by atoms with Gasteiger partial charge in [0.1, 0.15) is 4.88 Å². The van der Waals surface area contributed by atoms with Gasteiger partial charge in [-0.3, -0.25) is 9.69 Å². The second kappa shape index (κ2) is 8.80. The van der Waals surface area contributed by atoms with Gasteiger partial charge < -0.3 is 10.1 Å². The molecule has 4 rings (SSSR count). The minimum Gasteiger partial charge on any atom is -0.379 e. The summed E-state index contributed by atoms with van der Waals surface area (Å²) in [5.41, 5.74) is 1.01. The molecule has 1 aliphatic heterocycles. The molecule has 1 saturated heterocycles. The summed E-state index contributed by atoms with van der Waals surface area (Å²) in [5, 5.41) is 5.20. The molecule has 2 aromatic carbocycles. The first kappa shape index (κ1) is 19.7. The van der Waals surface area contributed by atoms with Gasteiger partial charge in [0.2, 0.25) is 0 Å². The molecule has 1 fully saturated rings. The van der Waals surface area contributed by atoms with Crippen LogP contribution in [0.4, 0.5) is 0 Å². The molecule has 0 bridgehead atoms. The van der Waals surface area contributed by atoms with Gasteiger partial charge in [-0.05, 0) is 17.7 Å². The molecule has 28 heavy (non-hydrogen) atoms. The molecule has 0 saturated carbocycles. The van der Waals surface area contributed by atoms with Crippen molar-refractivity contribution in [2.75, 3.05) is 32.8 Å². The molecule has 4 nitrogen and oxygen atoms in total. The molecule has 3 aromatic rings. The van der Waals surface area contributed by atoms with Gasteiger partial charge in [0.15, 0.2) is 0 Å². The lowest BCUT2D eigenvalue weighted by Gasteiger charge is -2.35. The number of hydrogen-bond donors (Lipinski definition) is 1. The van der Waals surface area contributed by atoms with Crippen LogP contribution >= 0.6 is 34.5 Å². The first-order chi connectivity index (χ1) is 13.6. The van der Waals surface area contributed by atoms with Gasteiger partial charge in [0, 0.05) is 34.7 Å². The van der Waals surface area contributed by atoms with Crippen LogP contribution in [-0.4, -0.2) is 43.7 Å². The van der Waals surface area contributed by atoms with E-state index in [0.717, 1.165) is 28.7 Å². The molecule has 146 valence electrons. The van der Waals surface area contributed by atoms with Crippen LogP contribution in [0.5, 0.6) is 0 Å². The number of carbonyl (C=O) groups is 1. The summed E-state index contributed by atoms with van der Waals surface area (Å²) in [6, 6.07) is 15.5. The standard InChI is InChI=1S/C21H20Cl2N2O2S/c22-16-7-3-1-5-14(16)17(25-9-11-27-12-10-25)13-24-21(26)20-19(23)15-6-2-4-8-18(15)28-20/h1-8,17H,9-13H2,(H,24,26). The van der Waals surface area contributed by atoms with Crippen molar-refractivity contribution in [1.29, 1.82) is 0 Å². The van der Waals surface area contributed by atoms with Crippen molar-refractivity contribution in [2.45, 2.75) is 6.04 Å². The molecule has 1 atom stereocenters. The zero-order valence-corrected chi connectivity index (χ0v) is 17.5. The fraction of sp³-hybridized carbons (Fsp3) is 0.286. The highest BCUT2D eigenvalue weighted by Gasteiger charge is 2.26. The Hall–Kier alpha value is -1.63. The van der Waals surface area contributed by atoms with Crippen molar-refractivity contribution in [3.05, 3.63) is 69.0 Å². The summed E-state index contributed by atoms with van der Waals surface area (Å²) in [5.74, 6) is -0.156. The zero-order chi connectivity index (χ0) is 19.5. The molecule has 0 spiro atoms. The maximum Gasteiger partial charge on any atom is 0.262 e. The van der Waals surface area contributed by atoms with Crippen LogP contribution in [0.2, 0.25) is 10.0 Å². The number of carbonyl (C=O) groups excluding carboxylic acids is 1. The zero-order valence-electron chi connectivity index (χ0n) is 15.2. The number of halogens is 2. The number of rotatable bonds is 5. The highest BCUT2D eigenvalue weighted by atomic mass is 35.5. The number of ether oxygens (including phenoxy) is 1. The van der Waals surface area contributed by atoms with Crippen LogP contribution < -0.4 is 5.32 Å². The summed E-state index contributed by atoms with van der Waals surface area (Å²) < 4.78 is 6.49. The quantitative estimate of drug-likeness (QED) is 0.613. The number of hydrogen-bond acceptors (Lipinski definition) is 4. The number of amides is 1. The highest BCUT2D eigenvalue weighted by Crippen LogP contribution is 2.35. The van der Waals surface area contributed by atoms with Crippen molar-refractivity contribution in [3.63, 3.8) is 0 Å². The first-order valence-corrected chi connectivity index (χ1v) is 10.7. The average molecular weight is 435 g/mol. The second-order valence-corrected chi connectivity index (χ2v) is 8.47. The molecule has 2 heterocycles. The van der Waals surface area contributed by atoms with Crippen LogP contribution in [0.3, 0.4) is 0 Å². The number of nitrogens with one attached hydrogen (secondary N) is 1. The Bertz CT molecular complexity index is 985. The maximum atomic E-state index is 12.9. The van der Waals surface area contributed by atoms with Crippen molar-refractivity contribution in [1.82, 2.24) is 10.2 Å². The Balaban J connectivity index is 1.55. The van der Waals surface area contributed by atoms with E-state index in [-0.39, 0.29) is 11.9 Å². The molecule has 1 unspecified atom stereocenters. The Morgan fingerprint density at radius 3 is 2.57 bits per heavy atom. The maximum absolute atomic E-state index is 12.9. The van der Waals surface area contributed by atoms with E-state index in [4.69, 9.17) is 27.9 Å². The molecule has 0 radical (unpaired) electrons. The Labute approximate surface area is 178 Å². The van der Waals surface area contributed by atoms with Crippen LogP contribution in [0.25, 0.3) is 10.1 Å². The lowest BCUT2D eigenvalue weighted by molar-refractivity contribution is 0.0162. The van der Waals surface area contributed by atoms with Crippen molar-refractivity contribution in [3.8, 4) is 0 Å². The van der Waals surface area contributed by atoms with E-state index in [9.17, 15) is 4.79 Å². The van der Waals surface area contributed by atoms with Crippen LogP contribution in [0.15, 0.2) is 48.5 Å². The van der Waals surface area contributed by atoms with E-state index < -0.39 is 0 Å². The molecule has 1 amide bonds. The highest BCUT2D eigenvalue weighted by molar-refractivity contribution is 7.21. The van der Waals surface area contributed by atoms with Gasteiger partial charge in [0.25, 0.3) is 5.91 Å². The number of fused-ring (bicyclic) bond motifs is 1. The van der Waals surface area contributed by atoms with E-state index >= 15 is 0 Å². The van der Waals surface area contributed by atoms with E-state index in [1.165, 1.54) is 11.3 Å². The predicted molar refractivity (Wildman–Crippen MR) is 116 cm³/mol. The number of benzene rings is 2. The molecule has 1 aromatic heterocycles. The minimum absolute atomic E-state index is 0.0188. The SMILES string of the molecule is O=C(NCC(c1ccccc1Cl)N1CCOCC1)c1sc2ccccc2c1Cl. The van der Waals surface area contributed by atoms with Gasteiger partial charge in [-0.1, -0.05) is 59.6 Å². The first-order valence-electron chi connectivity index (χ1n) is 9.16. The largest absolute Gasteiger partial charge is 0.379 e. The Kier molecular flexibility index (Phi) is 6.19. The summed E-state index contributed by atoms with van der Waals surface area (Å²) in [4.78, 5) is 15.7. The lowest BCUT2D eigenvalue weighted by atomic mass is 10.0. The average Bonchev–Trinajstić information content (AvgIpc) is 3.07. The molecule has 7 heteroatoms. The monoisotopic (exact) mass is 434 g/mol. The fourth-order valence-corrected chi connectivity index (χ4v) is 5.20. The molecular weight excluding hydrogens is 415 g/mol. The van der Waals surface area contributed by atoms with Gasteiger partial charge >= 0.3 is 0 Å². The van der Waals surface area contributed by atoms with Gasteiger partial charge in [-0.2, -0.15) is 0 Å². The number of nitrogens with zero attached hydrogens (tertiary/aromatic N) is 1.